The van der Waals surface area contributed by atoms with E-state index in [1.165, 1.54) is 0 Å². The Morgan fingerprint density at radius 3 is 2.44 bits per heavy atom. The first-order chi connectivity index (χ1) is 15.5. The number of aromatic nitrogens is 1. The molecule has 1 unspecified atom stereocenters. The van der Waals surface area contributed by atoms with Gasteiger partial charge in [-0.2, -0.15) is 0 Å². The monoisotopic (exact) mass is 450 g/mol. The van der Waals surface area contributed by atoms with Crippen molar-refractivity contribution in [1.29, 1.82) is 0 Å². The second-order valence-electron chi connectivity index (χ2n) is 7.54. The number of anilines is 2. The van der Waals surface area contributed by atoms with E-state index < -0.39 is 11.0 Å². The number of methoxy groups -OCH3 is 1. The lowest BCUT2D eigenvalue weighted by atomic mass is 10.1. The summed E-state index contributed by atoms with van der Waals surface area (Å²) in [4.78, 5) is 22.2. The Morgan fingerprint density at radius 1 is 1.03 bits per heavy atom. The Kier molecular flexibility index (Phi) is 6.70. The molecule has 4 rings (SSSR count). The second-order valence-corrected chi connectivity index (χ2v) is 8.76. The van der Waals surface area contributed by atoms with Gasteiger partial charge in [-0.1, -0.05) is 12.1 Å². The van der Waals surface area contributed by atoms with Crippen LogP contribution in [0, 0.1) is 6.92 Å². The van der Waals surface area contributed by atoms with Crippen molar-refractivity contribution in [3.63, 3.8) is 0 Å². The third-order valence-corrected chi connectivity index (χ3v) is 6.60. The van der Waals surface area contributed by atoms with Crippen molar-refractivity contribution in [2.45, 2.75) is 11.8 Å². The quantitative estimate of drug-likeness (QED) is 0.622. The van der Waals surface area contributed by atoms with E-state index in [1.807, 2.05) is 36.1 Å². The van der Waals surface area contributed by atoms with Crippen LogP contribution in [0.2, 0.25) is 0 Å². The Hall–Kier alpha value is -3.39. The van der Waals surface area contributed by atoms with E-state index in [9.17, 15) is 9.00 Å². The highest BCUT2D eigenvalue weighted by molar-refractivity contribution is 7.86. The minimum Gasteiger partial charge on any atom is -0.497 e. The number of benzene rings is 2. The number of pyridine rings is 1. The van der Waals surface area contributed by atoms with Gasteiger partial charge in [0, 0.05) is 43.6 Å². The molecule has 7 nitrogen and oxygen atoms in total. The van der Waals surface area contributed by atoms with E-state index in [0.717, 1.165) is 30.2 Å². The lowest BCUT2D eigenvalue weighted by Crippen LogP contribution is -2.49. The molecule has 1 aliphatic heterocycles. The van der Waals surface area contributed by atoms with Gasteiger partial charge in [-0.15, -0.1) is 0 Å². The van der Waals surface area contributed by atoms with Crippen molar-refractivity contribution in [3.8, 4) is 5.75 Å². The normalized spacial score (nSPS) is 14.7. The summed E-state index contributed by atoms with van der Waals surface area (Å²) in [7, 11) is 0.109. The molecule has 1 saturated heterocycles. The maximum atomic E-state index is 13.2. The molecular weight excluding hydrogens is 424 g/mol. The Labute approximate surface area is 190 Å². The van der Waals surface area contributed by atoms with Crippen molar-refractivity contribution < 1.29 is 13.7 Å². The molecule has 0 aliphatic carbocycles. The highest BCUT2D eigenvalue weighted by Gasteiger charge is 2.24. The number of carbonyl (C=O) groups is 1. The zero-order chi connectivity index (χ0) is 22.5. The topological polar surface area (TPSA) is 74.8 Å². The molecule has 1 amide bonds. The Balaban J connectivity index is 1.44. The molecule has 0 radical (unpaired) electrons. The second kappa shape index (κ2) is 9.82. The molecule has 2 heterocycles. The van der Waals surface area contributed by atoms with Crippen LogP contribution in [-0.2, 0) is 11.0 Å². The number of ether oxygens (including phenoxy) is 1. The van der Waals surface area contributed by atoms with Crippen LogP contribution in [-0.4, -0.2) is 53.3 Å². The van der Waals surface area contributed by atoms with Crippen molar-refractivity contribution in [3.05, 3.63) is 78.0 Å². The number of aryl methyl sites for hydroxylation is 1. The first kappa shape index (κ1) is 21.8. The van der Waals surface area contributed by atoms with Crippen LogP contribution in [0.1, 0.15) is 15.9 Å². The summed E-state index contributed by atoms with van der Waals surface area (Å²) in [6.45, 7) is 4.60. The first-order valence-corrected chi connectivity index (χ1v) is 11.6. The summed E-state index contributed by atoms with van der Waals surface area (Å²) >= 11 is 0. The molecule has 1 fully saturated rings. The number of rotatable bonds is 6. The van der Waals surface area contributed by atoms with E-state index in [0.29, 0.717) is 29.2 Å². The number of hydrogen-bond acceptors (Lipinski definition) is 5. The number of carbonyl (C=O) groups excluding carboxylic acids is 1. The van der Waals surface area contributed by atoms with Crippen molar-refractivity contribution >= 4 is 28.4 Å². The maximum Gasteiger partial charge on any atom is 0.254 e. The average molecular weight is 451 g/mol. The predicted molar refractivity (Wildman–Crippen MR) is 127 cm³/mol. The van der Waals surface area contributed by atoms with Gasteiger partial charge >= 0.3 is 0 Å². The maximum absolute atomic E-state index is 13.2. The molecule has 1 aromatic heterocycles. The molecule has 166 valence electrons. The van der Waals surface area contributed by atoms with E-state index in [4.69, 9.17) is 4.74 Å². The molecular formula is C24H26N4O3S. The van der Waals surface area contributed by atoms with Crippen molar-refractivity contribution in [2.24, 2.45) is 0 Å². The zero-order valence-corrected chi connectivity index (χ0v) is 19.0. The van der Waals surface area contributed by atoms with Gasteiger partial charge in [0.1, 0.15) is 22.6 Å². The van der Waals surface area contributed by atoms with Crippen LogP contribution in [0.4, 0.5) is 11.5 Å². The molecule has 32 heavy (non-hydrogen) atoms. The summed E-state index contributed by atoms with van der Waals surface area (Å²) in [5.74, 6) is 1.62. The van der Waals surface area contributed by atoms with Crippen LogP contribution in [0.5, 0.6) is 5.75 Å². The van der Waals surface area contributed by atoms with Gasteiger partial charge in [0.15, 0.2) is 0 Å². The number of nitrogens with zero attached hydrogens (tertiary/aromatic N) is 3. The lowest BCUT2D eigenvalue weighted by molar-refractivity contribution is 0.0745. The van der Waals surface area contributed by atoms with Gasteiger partial charge in [0.25, 0.3) is 5.91 Å². The van der Waals surface area contributed by atoms with E-state index in [2.05, 4.69) is 14.6 Å². The molecule has 3 aromatic rings. The summed E-state index contributed by atoms with van der Waals surface area (Å²) < 4.78 is 21.0. The smallest absolute Gasteiger partial charge is 0.254 e. The molecule has 0 spiro atoms. The van der Waals surface area contributed by atoms with E-state index in [1.54, 1.807) is 49.7 Å². The average Bonchev–Trinajstić information content (AvgIpc) is 2.85. The summed E-state index contributed by atoms with van der Waals surface area (Å²) in [6.07, 6.45) is 1.78. The first-order valence-electron chi connectivity index (χ1n) is 10.4. The summed E-state index contributed by atoms with van der Waals surface area (Å²) in [6, 6.07) is 18.4. The van der Waals surface area contributed by atoms with Crippen LogP contribution in [0.3, 0.4) is 0 Å². The minimum absolute atomic E-state index is 0.0357. The van der Waals surface area contributed by atoms with Crippen molar-refractivity contribution in [2.75, 3.05) is 42.9 Å². The predicted octanol–water partition coefficient (Wildman–Crippen LogP) is 3.50. The number of nitrogens with one attached hydrogen (secondary N) is 1. The van der Waals surface area contributed by atoms with Gasteiger partial charge in [0.2, 0.25) is 0 Å². The van der Waals surface area contributed by atoms with E-state index >= 15 is 0 Å². The van der Waals surface area contributed by atoms with Gasteiger partial charge in [-0.3, -0.25) is 4.79 Å². The largest absolute Gasteiger partial charge is 0.497 e. The molecule has 1 N–H and O–H groups in total. The number of amides is 1. The minimum atomic E-state index is -1.49. The van der Waals surface area contributed by atoms with Crippen LogP contribution >= 0.6 is 0 Å². The lowest BCUT2D eigenvalue weighted by Gasteiger charge is -2.35. The fourth-order valence-corrected chi connectivity index (χ4v) is 4.51. The molecule has 8 heteroatoms. The van der Waals surface area contributed by atoms with Gasteiger partial charge in [-0.05, 0) is 61.0 Å². The third kappa shape index (κ3) is 4.91. The highest BCUT2D eigenvalue weighted by atomic mass is 32.2. The van der Waals surface area contributed by atoms with Gasteiger partial charge in [0.05, 0.1) is 12.0 Å². The zero-order valence-electron chi connectivity index (χ0n) is 18.2. The highest BCUT2D eigenvalue weighted by Crippen LogP contribution is 2.21. The summed E-state index contributed by atoms with van der Waals surface area (Å²) in [5.41, 5.74) is 2.16. The van der Waals surface area contributed by atoms with E-state index in [-0.39, 0.29) is 5.91 Å². The Bertz CT molecular complexity index is 1100. The molecule has 1 aliphatic rings. The fourth-order valence-electron chi connectivity index (χ4n) is 3.62. The van der Waals surface area contributed by atoms with Crippen LogP contribution in [0.25, 0.3) is 0 Å². The molecule has 2 aromatic carbocycles. The van der Waals surface area contributed by atoms with Crippen molar-refractivity contribution in [1.82, 2.24) is 9.88 Å². The van der Waals surface area contributed by atoms with Gasteiger partial charge < -0.3 is 19.3 Å². The summed E-state index contributed by atoms with van der Waals surface area (Å²) in [5, 5.41) is 0. The Morgan fingerprint density at radius 2 is 1.78 bits per heavy atom. The fraction of sp³-hybridized carbons (Fsp3) is 0.250. The molecule has 0 saturated carbocycles. The molecule has 1 atom stereocenters. The number of piperazine rings is 1. The SMILES string of the molecule is COc1ccc(NS(=O)c2ccc(C)c(C(=O)N3CCN(c4ccccn4)CC3)c2)cc1. The van der Waals surface area contributed by atoms with Gasteiger partial charge in [-0.25, -0.2) is 9.19 Å². The van der Waals surface area contributed by atoms with Crippen LogP contribution in [0.15, 0.2) is 71.8 Å². The van der Waals surface area contributed by atoms with Crippen LogP contribution < -0.4 is 14.4 Å². The third-order valence-electron chi connectivity index (χ3n) is 5.49. The number of hydrogen-bond donors (Lipinski definition) is 1. The molecule has 0 bridgehead atoms. The standard InChI is InChI=1S/C24H26N4O3S/c1-18-6-11-21(32(30)26-19-7-9-20(31-2)10-8-19)17-22(18)24(29)28-15-13-27(14-16-28)23-5-3-4-12-25-23/h3-12,17,26H,13-16H2,1-2H3.